The highest BCUT2D eigenvalue weighted by molar-refractivity contribution is 7.03. The number of fused-ring (bicyclic) bond motifs is 24. The van der Waals surface area contributed by atoms with Gasteiger partial charge in [-0.05, 0) is 253 Å². The van der Waals surface area contributed by atoms with Gasteiger partial charge in [0.15, 0.2) is 0 Å². The molecule has 0 bridgehead atoms. The van der Waals surface area contributed by atoms with Crippen LogP contribution in [0.2, 0.25) is 0 Å². The molecule has 0 spiro atoms. The van der Waals surface area contributed by atoms with Gasteiger partial charge in [-0.25, -0.2) is 0 Å². The number of nitrogens with zero attached hydrogens (tertiary/aromatic N) is 5. The highest BCUT2D eigenvalue weighted by atomic mass is 16.5. The van der Waals surface area contributed by atoms with Crippen molar-refractivity contribution in [3.05, 3.63) is 297 Å². The van der Waals surface area contributed by atoms with Gasteiger partial charge in [-0.2, -0.15) is 0 Å². The lowest BCUT2D eigenvalue weighted by atomic mass is 9.30. The maximum Gasteiger partial charge on any atom is 0.260 e. The number of rotatable bonds is 4. The molecule has 0 atom stereocenters. The van der Waals surface area contributed by atoms with E-state index in [4.69, 9.17) is 14.2 Å². The van der Waals surface area contributed by atoms with Gasteiger partial charge in [0.1, 0.15) is 34.5 Å². The maximum absolute atomic E-state index is 7.95. The van der Waals surface area contributed by atoms with E-state index in [1.807, 2.05) is 0 Å². The maximum atomic E-state index is 7.95. The second kappa shape index (κ2) is 22.3. The Labute approximate surface area is 661 Å². The summed E-state index contributed by atoms with van der Waals surface area (Å²) in [6, 6.07) is 88.9. The number of benzene rings is 15. The lowest BCUT2D eigenvalue weighted by molar-refractivity contribution is 0.464. The van der Waals surface area contributed by atoms with E-state index >= 15 is 0 Å². The number of nitrogens with one attached hydrogen (secondary N) is 1. The van der Waals surface area contributed by atoms with Crippen molar-refractivity contribution >= 4 is 185 Å². The van der Waals surface area contributed by atoms with Crippen LogP contribution in [0, 0.1) is 83.1 Å². The fraction of sp³-hybridized carbons (Fsp3) is 0.118. The van der Waals surface area contributed by atoms with Crippen LogP contribution in [-0.2, 0) is 0 Å². The lowest BCUT2D eigenvalue weighted by Gasteiger charge is -2.43. The van der Waals surface area contributed by atoms with Crippen molar-refractivity contribution in [3.8, 4) is 57.2 Å². The summed E-state index contributed by atoms with van der Waals surface area (Å²) in [5.41, 5.74) is 44.0. The zero-order valence-corrected chi connectivity index (χ0v) is 65.6. The van der Waals surface area contributed by atoms with Gasteiger partial charge in [-0.3, -0.25) is 0 Å². The molecule has 540 valence electrons. The number of hydrogen-bond donors (Lipinski definition) is 1. The summed E-state index contributed by atoms with van der Waals surface area (Å²) >= 11 is 0. The molecule has 0 saturated heterocycles. The van der Waals surface area contributed by atoms with E-state index in [1.165, 1.54) is 159 Å². The standard InChI is InChI=1S/C102H75B3N6O3/c1-51-13-21-82-66(31-51)67-32-52(2)14-22-83(67)107(82)63-41-81-98-90(42-63)110-88-27-19-57(7)37-72(88)73-38-60(10)40-79(102(73)110)103(98)74-47-77-93(49-80(74)106-81)113-96-45-65(109-86-25-17-55(5)35-70(86)71-36-56(6)18-26-87(71)109)46-97-100(96)105(77)78-48-75-89(50-94(78)114-97)111(101-61(11)29-59(9)30-62(101)12)91-43-64(44-95-99(91)104(75)76-39-58(8)20-28-92(76)112-95)108-84-23-15-53(3)33-68(84)69-34-54(4)16-24-85(69)108/h13-50,106H,1-12H3. The van der Waals surface area contributed by atoms with Crippen LogP contribution in [0.15, 0.2) is 231 Å². The van der Waals surface area contributed by atoms with Gasteiger partial charge < -0.3 is 42.7 Å². The Balaban J connectivity index is 0.765. The van der Waals surface area contributed by atoms with Crippen LogP contribution in [0.25, 0.3) is 110 Å². The molecule has 1 N–H and O–H groups in total. The number of aromatic nitrogens is 4. The van der Waals surface area contributed by atoms with Crippen molar-refractivity contribution in [2.45, 2.75) is 83.1 Å². The molecule has 0 amide bonds. The van der Waals surface area contributed by atoms with E-state index in [0.29, 0.717) is 0 Å². The predicted octanol–water partition coefficient (Wildman–Crippen LogP) is 19.8. The van der Waals surface area contributed by atoms with Gasteiger partial charge in [0.2, 0.25) is 0 Å². The summed E-state index contributed by atoms with van der Waals surface area (Å²) in [5, 5.41) is 14.2. The molecular weight excluding hydrogens is 1390 g/mol. The molecule has 0 saturated carbocycles. The first-order chi connectivity index (χ1) is 55.4. The fourth-order valence-electron chi connectivity index (χ4n) is 21.7. The van der Waals surface area contributed by atoms with E-state index < -0.39 is 0 Å². The first-order valence-corrected chi connectivity index (χ1v) is 40.2. The molecule has 0 fully saturated rings. The summed E-state index contributed by atoms with van der Waals surface area (Å²) in [6.07, 6.45) is 0. The third kappa shape index (κ3) is 8.61. The molecule has 0 radical (unpaired) electrons. The molecule has 19 aromatic rings. The van der Waals surface area contributed by atoms with Crippen LogP contribution in [0.1, 0.15) is 66.8 Å². The molecule has 0 unspecified atom stereocenters. The molecule has 114 heavy (non-hydrogen) atoms. The molecule has 10 heterocycles. The molecule has 6 aliphatic rings. The third-order valence-corrected chi connectivity index (χ3v) is 26.3. The van der Waals surface area contributed by atoms with Crippen LogP contribution in [0.5, 0.6) is 34.5 Å². The molecule has 9 nitrogen and oxygen atoms in total. The minimum atomic E-state index is -0.351. The number of ether oxygens (including phenoxy) is 3. The van der Waals surface area contributed by atoms with Gasteiger partial charge in [0.05, 0.1) is 61.4 Å². The largest absolute Gasteiger partial charge is 0.458 e. The molecular formula is C102H75B3N6O3. The zero-order valence-electron chi connectivity index (χ0n) is 65.6. The Kier molecular flexibility index (Phi) is 12.6. The van der Waals surface area contributed by atoms with Gasteiger partial charge in [0.25, 0.3) is 20.1 Å². The fourth-order valence-corrected chi connectivity index (χ4v) is 21.7. The highest BCUT2D eigenvalue weighted by Crippen LogP contribution is 2.50. The minimum Gasteiger partial charge on any atom is -0.458 e. The Morgan fingerprint density at radius 3 is 1.12 bits per heavy atom. The molecule has 12 heteroatoms. The van der Waals surface area contributed by atoms with Crippen molar-refractivity contribution in [2.24, 2.45) is 0 Å². The monoisotopic (exact) mass is 1460 g/mol. The first kappa shape index (κ1) is 64.4. The molecule has 25 rings (SSSR count). The quantitative estimate of drug-likeness (QED) is 0.178. The van der Waals surface area contributed by atoms with Crippen molar-refractivity contribution in [1.29, 1.82) is 0 Å². The SMILES string of the molecule is Cc1cc(C)c(N2c3cc4c(cc3B3c5cc(C)ccc5Oc5cc(-n6c7ccc(C)cc7c7cc(C)ccc76)cc2c53)B2c3cc5c(cc3Oc3cc(-n6c7ccc(C)cc7c7cc(C)ccc76)cc(c32)O4)Nc2cc(-n3c4ccc(C)cc4c4cc(C)ccc43)cc3c2B5c2cc(C)cc4c5cc(C)ccc5n-3c24)c(C)c1. The summed E-state index contributed by atoms with van der Waals surface area (Å²) in [6.45, 7) is 25.9. The van der Waals surface area contributed by atoms with Gasteiger partial charge >= 0.3 is 0 Å². The van der Waals surface area contributed by atoms with Crippen LogP contribution in [0.3, 0.4) is 0 Å². The van der Waals surface area contributed by atoms with Crippen molar-refractivity contribution in [2.75, 3.05) is 10.2 Å². The second-order valence-electron chi connectivity index (χ2n) is 34.2. The van der Waals surface area contributed by atoms with Crippen molar-refractivity contribution < 1.29 is 14.2 Å². The van der Waals surface area contributed by atoms with E-state index in [1.54, 1.807) is 0 Å². The van der Waals surface area contributed by atoms with Crippen LogP contribution < -0.4 is 73.6 Å². The summed E-state index contributed by atoms with van der Waals surface area (Å²) in [5.74, 6) is 4.84. The predicted molar refractivity (Wildman–Crippen MR) is 479 cm³/mol. The molecule has 15 aromatic carbocycles. The normalized spacial score (nSPS) is 13.6. The third-order valence-electron chi connectivity index (χ3n) is 26.3. The van der Waals surface area contributed by atoms with Crippen LogP contribution in [-0.4, -0.2) is 38.4 Å². The molecule has 4 aromatic heterocycles. The average Bonchev–Trinajstić information content (AvgIpc) is 1.21. The highest BCUT2D eigenvalue weighted by Gasteiger charge is 2.49. The Bertz CT molecular complexity index is 7620. The second-order valence-corrected chi connectivity index (χ2v) is 34.2. The van der Waals surface area contributed by atoms with E-state index in [9.17, 15) is 0 Å². The number of hydrogen-bond acceptors (Lipinski definition) is 5. The van der Waals surface area contributed by atoms with Gasteiger partial charge in [-0.1, -0.05) is 141 Å². The van der Waals surface area contributed by atoms with E-state index in [0.717, 1.165) is 129 Å². The Morgan fingerprint density at radius 1 is 0.237 bits per heavy atom. The Morgan fingerprint density at radius 2 is 0.605 bits per heavy atom. The lowest BCUT2D eigenvalue weighted by Crippen LogP contribution is -2.64. The van der Waals surface area contributed by atoms with Crippen molar-refractivity contribution in [1.82, 2.24) is 18.3 Å². The average molecular weight is 1470 g/mol. The zero-order chi connectivity index (χ0) is 76.3. The van der Waals surface area contributed by atoms with Crippen LogP contribution in [0.4, 0.5) is 28.4 Å². The molecule has 6 aliphatic heterocycles. The van der Waals surface area contributed by atoms with Gasteiger partial charge in [0, 0.05) is 113 Å². The van der Waals surface area contributed by atoms with E-state index in [-0.39, 0.29) is 20.1 Å². The summed E-state index contributed by atoms with van der Waals surface area (Å²) in [7, 11) is 0. The molecule has 0 aliphatic carbocycles. The first-order valence-electron chi connectivity index (χ1n) is 40.2. The minimum absolute atomic E-state index is 0.171. The number of aryl methyl sites for hydroxylation is 12. The summed E-state index contributed by atoms with van der Waals surface area (Å²) < 4.78 is 33.2. The number of anilines is 5. The van der Waals surface area contributed by atoms with E-state index in [2.05, 4.69) is 342 Å². The summed E-state index contributed by atoms with van der Waals surface area (Å²) in [4.78, 5) is 2.57. The van der Waals surface area contributed by atoms with Gasteiger partial charge in [-0.15, -0.1) is 0 Å². The topological polar surface area (TPSA) is 62.7 Å². The van der Waals surface area contributed by atoms with Crippen LogP contribution >= 0.6 is 0 Å². The van der Waals surface area contributed by atoms with Crippen molar-refractivity contribution in [3.63, 3.8) is 0 Å². The smallest absolute Gasteiger partial charge is 0.260 e. The Hall–Kier alpha value is -13.3.